The molecule has 1 fully saturated rings. The third kappa shape index (κ3) is 1.88. The average molecular weight is 179 g/mol. The van der Waals surface area contributed by atoms with Crippen molar-refractivity contribution in [3.8, 4) is 0 Å². The van der Waals surface area contributed by atoms with Crippen LogP contribution in [-0.4, -0.2) is 15.9 Å². The number of rotatable bonds is 3. The maximum atomic E-state index is 11.0. The van der Waals surface area contributed by atoms with Gasteiger partial charge in [0.05, 0.1) is 6.20 Å². The van der Waals surface area contributed by atoms with Crippen LogP contribution in [0.5, 0.6) is 0 Å². The number of imidazole rings is 1. The van der Waals surface area contributed by atoms with Crippen molar-refractivity contribution in [2.45, 2.75) is 32.1 Å². The lowest BCUT2D eigenvalue weighted by Crippen LogP contribution is -2.10. The highest BCUT2D eigenvalue weighted by Crippen LogP contribution is 2.39. The molecule has 2 rings (SSSR count). The largest absolute Gasteiger partial charge is 0.328 e. The lowest BCUT2D eigenvalue weighted by Gasteiger charge is -1.96. The van der Waals surface area contributed by atoms with Crippen LogP contribution < -0.4 is 5.32 Å². The van der Waals surface area contributed by atoms with Crippen LogP contribution in [0.3, 0.4) is 0 Å². The highest BCUT2D eigenvalue weighted by Gasteiger charge is 2.25. The van der Waals surface area contributed by atoms with E-state index in [1.807, 2.05) is 13.1 Å². The van der Waals surface area contributed by atoms with Gasteiger partial charge in [0.25, 0.3) is 0 Å². The highest BCUT2D eigenvalue weighted by molar-refractivity contribution is 5.88. The summed E-state index contributed by atoms with van der Waals surface area (Å²) in [5.74, 6) is 1.23. The minimum Gasteiger partial charge on any atom is -0.328 e. The first-order valence-electron chi connectivity index (χ1n) is 4.64. The maximum Gasteiger partial charge on any atom is 0.226 e. The second-order valence-corrected chi connectivity index (χ2v) is 3.36. The second kappa shape index (κ2) is 3.20. The van der Waals surface area contributed by atoms with Gasteiger partial charge in [-0.05, 0) is 12.8 Å². The molecule has 4 heteroatoms. The Morgan fingerprint density at radius 1 is 1.77 bits per heavy atom. The second-order valence-electron chi connectivity index (χ2n) is 3.36. The monoisotopic (exact) mass is 179 g/mol. The van der Waals surface area contributed by atoms with Gasteiger partial charge in [-0.15, -0.1) is 0 Å². The molecule has 0 unspecified atom stereocenters. The SMILES string of the molecule is CCC(=O)Nc1ncc(C2CC2)[nH]1. The summed E-state index contributed by atoms with van der Waals surface area (Å²) in [6.07, 6.45) is 4.77. The van der Waals surface area contributed by atoms with Crippen LogP contribution in [0.1, 0.15) is 37.8 Å². The van der Waals surface area contributed by atoms with Gasteiger partial charge in [-0.2, -0.15) is 0 Å². The van der Waals surface area contributed by atoms with Gasteiger partial charge in [-0.3, -0.25) is 10.1 Å². The van der Waals surface area contributed by atoms with E-state index in [4.69, 9.17) is 0 Å². The van der Waals surface area contributed by atoms with Crippen molar-refractivity contribution in [3.05, 3.63) is 11.9 Å². The van der Waals surface area contributed by atoms with Crippen molar-refractivity contribution in [2.24, 2.45) is 0 Å². The molecule has 0 bridgehead atoms. The number of aromatic nitrogens is 2. The van der Waals surface area contributed by atoms with E-state index >= 15 is 0 Å². The summed E-state index contributed by atoms with van der Waals surface area (Å²) in [5.41, 5.74) is 1.14. The summed E-state index contributed by atoms with van der Waals surface area (Å²) in [6, 6.07) is 0. The Morgan fingerprint density at radius 3 is 3.15 bits per heavy atom. The Balaban J connectivity index is 2.00. The first-order chi connectivity index (χ1) is 6.29. The Labute approximate surface area is 76.8 Å². The van der Waals surface area contributed by atoms with E-state index in [0.717, 1.165) is 5.69 Å². The molecule has 1 amide bonds. The van der Waals surface area contributed by atoms with Crippen molar-refractivity contribution in [3.63, 3.8) is 0 Å². The molecule has 1 saturated carbocycles. The molecule has 0 atom stereocenters. The lowest BCUT2D eigenvalue weighted by atomic mass is 10.3. The summed E-state index contributed by atoms with van der Waals surface area (Å²) in [6.45, 7) is 1.82. The Morgan fingerprint density at radius 2 is 2.54 bits per heavy atom. The molecule has 1 aromatic rings. The van der Waals surface area contributed by atoms with Crippen molar-refractivity contribution in [2.75, 3.05) is 5.32 Å². The molecule has 70 valence electrons. The van der Waals surface area contributed by atoms with Crippen LogP contribution in [0.15, 0.2) is 6.20 Å². The van der Waals surface area contributed by atoms with Crippen molar-refractivity contribution >= 4 is 11.9 Å². The Kier molecular flexibility index (Phi) is 2.04. The van der Waals surface area contributed by atoms with Crippen molar-refractivity contribution in [1.82, 2.24) is 9.97 Å². The number of anilines is 1. The fourth-order valence-corrected chi connectivity index (χ4v) is 1.22. The first kappa shape index (κ1) is 8.29. The van der Waals surface area contributed by atoms with Gasteiger partial charge >= 0.3 is 0 Å². The number of carbonyl (C=O) groups excluding carboxylic acids is 1. The number of carbonyl (C=O) groups is 1. The van der Waals surface area contributed by atoms with Crippen LogP contribution in [-0.2, 0) is 4.79 Å². The summed E-state index contributed by atoms with van der Waals surface area (Å²) in [4.78, 5) is 18.2. The number of H-pyrrole nitrogens is 1. The molecular formula is C9H13N3O. The van der Waals surface area contributed by atoms with Gasteiger partial charge in [-0.25, -0.2) is 4.98 Å². The molecule has 1 heterocycles. The molecule has 13 heavy (non-hydrogen) atoms. The standard InChI is InChI=1S/C9H13N3O/c1-2-8(13)12-9-10-5-7(11-9)6-3-4-6/h5-6H,2-4H2,1H3,(H2,10,11,12,13). The third-order valence-electron chi connectivity index (χ3n) is 2.19. The van der Waals surface area contributed by atoms with E-state index in [-0.39, 0.29) is 5.91 Å². The minimum absolute atomic E-state index is 0.00306. The topological polar surface area (TPSA) is 57.8 Å². The van der Waals surface area contributed by atoms with Crippen LogP contribution in [0.25, 0.3) is 0 Å². The minimum atomic E-state index is -0.00306. The lowest BCUT2D eigenvalue weighted by molar-refractivity contribution is -0.115. The van der Waals surface area contributed by atoms with E-state index in [1.165, 1.54) is 12.8 Å². The van der Waals surface area contributed by atoms with E-state index in [2.05, 4.69) is 15.3 Å². The van der Waals surface area contributed by atoms with Gasteiger partial charge < -0.3 is 4.98 Å². The van der Waals surface area contributed by atoms with Crippen molar-refractivity contribution < 1.29 is 4.79 Å². The molecule has 0 aliphatic heterocycles. The predicted octanol–water partition coefficient (Wildman–Crippen LogP) is 1.64. The molecule has 1 aromatic heterocycles. The van der Waals surface area contributed by atoms with Gasteiger partial charge in [0, 0.05) is 18.0 Å². The van der Waals surface area contributed by atoms with Gasteiger partial charge in [0.15, 0.2) is 0 Å². The normalized spacial score (nSPS) is 15.8. The summed E-state index contributed by atoms with van der Waals surface area (Å²) < 4.78 is 0. The van der Waals surface area contributed by atoms with E-state index in [1.54, 1.807) is 0 Å². The molecular weight excluding hydrogens is 166 g/mol. The third-order valence-corrected chi connectivity index (χ3v) is 2.19. The Hall–Kier alpha value is -1.32. The predicted molar refractivity (Wildman–Crippen MR) is 49.5 cm³/mol. The van der Waals surface area contributed by atoms with Crippen LogP contribution >= 0.6 is 0 Å². The van der Waals surface area contributed by atoms with Crippen molar-refractivity contribution in [1.29, 1.82) is 0 Å². The van der Waals surface area contributed by atoms with Crippen LogP contribution in [0, 0.1) is 0 Å². The molecule has 2 N–H and O–H groups in total. The molecule has 0 aromatic carbocycles. The summed E-state index contributed by atoms with van der Waals surface area (Å²) in [7, 11) is 0. The zero-order chi connectivity index (χ0) is 9.26. The molecule has 4 nitrogen and oxygen atoms in total. The van der Waals surface area contributed by atoms with Gasteiger partial charge in [0.1, 0.15) is 0 Å². The summed E-state index contributed by atoms with van der Waals surface area (Å²) >= 11 is 0. The number of nitrogens with zero attached hydrogens (tertiary/aromatic N) is 1. The quantitative estimate of drug-likeness (QED) is 0.741. The highest BCUT2D eigenvalue weighted by atomic mass is 16.1. The molecule has 0 saturated heterocycles. The number of nitrogens with one attached hydrogen (secondary N) is 2. The number of hydrogen-bond acceptors (Lipinski definition) is 2. The molecule has 1 aliphatic rings. The zero-order valence-electron chi connectivity index (χ0n) is 7.63. The fourth-order valence-electron chi connectivity index (χ4n) is 1.22. The number of hydrogen-bond donors (Lipinski definition) is 2. The average Bonchev–Trinajstić information content (AvgIpc) is 2.88. The zero-order valence-corrected chi connectivity index (χ0v) is 7.63. The van der Waals surface area contributed by atoms with E-state index in [9.17, 15) is 4.79 Å². The number of aromatic amines is 1. The van der Waals surface area contributed by atoms with Gasteiger partial charge in [0.2, 0.25) is 11.9 Å². The van der Waals surface area contributed by atoms with Crippen LogP contribution in [0.2, 0.25) is 0 Å². The Bertz CT molecular complexity index is 314. The maximum absolute atomic E-state index is 11.0. The van der Waals surface area contributed by atoms with E-state index < -0.39 is 0 Å². The molecule has 1 aliphatic carbocycles. The fraction of sp³-hybridized carbons (Fsp3) is 0.556. The summed E-state index contributed by atoms with van der Waals surface area (Å²) in [5, 5.41) is 2.69. The van der Waals surface area contributed by atoms with Crippen LogP contribution in [0.4, 0.5) is 5.95 Å². The van der Waals surface area contributed by atoms with Gasteiger partial charge in [-0.1, -0.05) is 6.92 Å². The van der Waals surface area contributed by atoms with E-state index in [0.29, 0.717) is 18.3 Å². The molecule has 0 radical (unpaired) electrons. The molecule has 0 spiro atoms. The number of amides is 1. The smallest absolute Gasteiger partial charge is 0.226 e. The first-order valence-corrected chi connectivity index (χ1v) is 4.64.